The van der Waals surface area contributed by atoms with Crippen molar-refractivity contribution in [3.05, 3.63) is 35.2 Å². The van der Waals surface area contributed by atoms with Crippen molar-refractivity contribution < 1.29 is 19.5 Å². The number of piperazine rings is 1. The molecule has 1 aromatic heterocycles. The summed E-state index contributed by atoms with van der Waals surface area (Å²) in [6.45, 7) is 6.29. The van der Waals surface area contributed by atoms with Crippen molar-refractivity contribution in [3.8, 4) is 17.3 Å². The minimum absolute atomic E-state index is 0.0965. The first kappa shape index (κ1) is 26.0. The maximum Gasteiger partial charge on any atom is 0.407 e. The second-order valence-electron chi connectivity index (χ2n) is 8.79. The number of rotatable bonds is 7. The van der Waals surface area contributed by atoms with Crippen LogP contribution < -0.4 is 4.90 Å². The van der Waals surface area contributed by atoms with Crippen LogP contribution >= 0.6 is 11.3 Å². The van der Waals surface area contributed by atoms with E-state index < -0.39 is 18.0 Å². The molecular formula is C24H30N6O4S. The van der Waals surface area contributed by atoms with Gasteiger partial charge >= 0.3 is 12.1 Å². The van der Waals surface area contributed by atoms with E-state index in [9.17, 15) is 14.4 Å². The number of nitrogens with zero attached hydrogens (tertiary/aromatic N) is 6. The highest BCUT2D eigenvalue weighted by atomic mass is 32.1. The van der Waals surface area contributed by atoms with Crippen LogP contribution in [0.5, 0.6) is 0 Å². The largest absolute Gasteiger partial charge is 0.465 e. The molecule has 0 spiro atoms. The third-order valence-corrected chi connectivity index (χ3v) is 6.68. The number of benzene rings is 1. The number of carbonyl (C=O) groups excluding carboxylic acids is 2. The molecule has 0 atom stereocenters. The second-order valence-corrected chi connectivity index (χ2v) is 9.62. The van der Waals surface area contributed by atoms with Crippen LogP contribution in [0.1, 0.15) is 30.6 Å². The molecular weight excluding hydrogens is 468 g/mol. The van der Waals surface area contributed by atoms with Crippen LogP contribution in [0.2, 0.25) is 0 Å². The topological polar surface area (TPSA) is 121 Å². The van der Waals surface area contributed by atoms with Crippen LogP contribution in [-0.2, 0) is 0 Å². The highest BCUT2D eigenvalue weighted by molar-refractivity contribution is 7.14. The summed E-state index contributed by atoms with van der Waals surface area (Å²) in [5.41, 5.74) is 2.00. The van der Waals surface area contributed by atoms with Crippen molar-refractivity contribution in [2.24, 2.45) is 5.92 Å². The first-order chi connectivity index (χ1) is 16.7. The van der Waals surface area contributed by atoms with Gasteiger partial charge in [0.2, 0.25) is 0 Å². The molecule has 0 aliphatic carbocycles. The SMILES string of the molecule is CC(C)CCN(C(=O)c1ccc(-c2csc(N3CCN(C(=O)O)CC3)n2)cc1)C(=O)N(C)CC#N. The van der Waals surface area contributed by atoms with E-state index in [0.29, 0.717) is 44.1 Å². The monoisotopic (exact) mass is 498 g/mol. The molecule has 186 valence electrons. The number of hydrogen-bond donors (Lipinski definition) is 1. The Hall–Kier alpha value is -3.65. The minimum atomic E-state index is -0.903. The summed E-state index contributed by atoms with van der Waals surface area (Å²) in [6, 6.07) is 8.42. The number of carboxylic acid groups (broad SMARTS) is 1. The summed E-state index contributed by atoms with van der Waals surface area (Å²) in [5.74, 6) is -0.0880. The fourth-order valence-corrected chi connectivity index (χ4v) is 4.51. The van der Waals surface area contributed by atoms with Gasteiger partial charge in [0, 0.05) is 56.3 Å². The van der Waals surface area contributed by atoms with Crippen molar-refractivity contribution in [1.29, 1.82) is 5.26 Å². The van der Waals surface area contributed by atoms with Crippen LogP contribution in [0.3, 0.4) is 0 Å². The molecule has 10 nitrogen and oxygen atoms in total. The van der Waals surface area contributed by atoms with E-state index in [0.717, 1.165) is 16.4 Å². The highest BCUT2D eigenvalue weighted by Crippen LogP contribution is 2.28. The lowest BCUT2D eigenvalue weighted by Crippen LogP contribution is -2.48. The summed E-state index contributed by atoms with van der Waals surface area (Å²) >= 11 is 1.49. The Labute approximate surface area is 209 Å². The van der Waals surface area contributed by atoms with Gasteiger partial charge in [-0.05, 0) is 24.5 Å². The summed E-state index contributed by atoms with van der Waals surface area (Å²) in [6.07, 6.45) is -0.238. The molecule has 1 N–H and O–H groups in total. The first-order valence-corrected chi connectivity index (χ1v) is 12.3. The van der Waals surface area contributed by atoms with Crippen LogP contribution in [0.25, 0.3) is 11.3 Å². The van der Waals surface area contributed by atoms with E-state index in [2.05, 4.69) is 4.90 Å². The molecule has 1 aliphatic heterocycles. The van der Waals surface area contributed by atoms with Gasteiger partial charge in [0.15, 0.2) is 5.13 Å². The van der Waals surface area contributed by atoms with E-state index >= 15 is 0 Å². The predicted molar refractivity (Wildman–Crippen MR) is 133 cm³/mol. The van der Waals surface area contributed by atoms with Crippen LogP contribution in [-0.4, -0.2) is 89.1 Å². The molecule has 1 fully saturated rings. The third-order valence-electron chi connectivity index (χ3n) is 5.78. The van der Waals surface area contributed by atoms with Crippen molar-refractivity contribution in [1.82, 2.24) is 19.7 Å². The zero-order chi connectivity index (χ0) is 25.5. The van der Waals surface area contributed by atoms with Crippen molar-refractivity contribution >= 4 is 34.5 Å². The second kappa shape index (κ2) is 11.7. The van der Waals surface area contributed by atoms with E-state index in [1.54, 1.807) is 24.3 Å². The number of imide groups is 1. The maximum atomic E-state index is 13.2. The molecule has 0 bridgehead atoms. The molecule has 4 amide bonds. The van der Waals surface area contributed by atoms with E-state index in [4.69, 9.17) is 15.4 Å². The number of amides is 4. The maximum absolute atomic E-state index is 13.2. The number of nitriles is 1. The molecule has 2 aromatic rings. The molecule has 3 rings (SSSR count). The number of urea groups is 1. The average molecular weight is 499 g/mol. The molecule has 11 heteroatoms. The van der Waals surface area contributed by atoms with Crippen LogP contribution in [0.15, 0.2) is 29.6 Å². The number of aromatic nitrogens is 1. The Morgan fingerprint density at radius 3 is 2.40 bits per heavy atom. The molecule has 0 unspecified atom stereocenters. The highest BCUT2D eigenvalue weighted by Gasteiger charge is 2.26. The van der Waals surface area contributed by atoms with E-state index in [-0.39, 0.29) is 13.1 Å². The van der Waals surface area contributed by atoms with E-state index in [1.165, 1.54) is 33.1 Å². The Kier molecular flexibility index (Phi) is 8.65. The van der Waals surface area contributed by atoms with Gasteiger partial charge in [-0.2, -0.15) is 5.26 Å². The average Bonchev–Trinajstić information content (AvgIpc) is 3.34. The summed E-state index contributed by atoms with van der Waals surface area (Å²) in [5, 5.41) is 20.8. The summed E-state index contributed by atoms with van der Waals surface area (Å²) in [4.78, 5) is 47.7. The summed E-state index contributed by atoms with van der Waals surface area (Å²) in [7, 11) is 1.51. The lowest BCUT2D eigenvalue weighted by Gasteiger charge is -2.32. The van der Waals surface area contributed by atoms with Gasteiger partial charge in [0.1, 0.15) is 6.54 Å². The van der Waals surface area contributed by atoms with Gasteiger partial charge in [0.05, 0.1) is 11.8 Å². The Balaban J connectivity index is 1.71. The van der Waals surface area contributed by atoms with Gasteiger partial charge in [-0.25, -0.2) is 14.6 Å². The molecule has 1 saturated heterocycles. The van der Waals surface area contributed by atoms with Crippen molar-refractivity contribution in [3.63, 3.8) is 0 Å². The Bertz CT molecular complexity index is 1090. The van der Waals surface area contributed by atoms with Crippen LogP contribution in [0, 0.1) is 17.2 Å². The van der Waals surface area contributed by atoms with Gasteiger partial charge in [-0.3, -0.25) is 9.69 Å². The fourth-order valence-electron chi connectivity index (χ4n) is 3.62. The molecule has 1 aromatic carbocycles. The predicted octanol–water partition coefficient (Wildman–Crippen LogP) is 3.67. The number of hydrogen-bond acceptors (Lipinski definition) is 7. The first-order valence-electron chi connectivity index (χ1n) is 11.4. The number of carbonyl (C=O) groups is 3. The standard InChI is InChI=1S/C24H30N6O4S/c1-17(2)8-10-30(23(32)27(3)11-9-25)21(31)19-6-4-18(5-7-19)20-16-35-22(26-20)28-12-14-29(15-13-28)24(33)34/h4-7,16-17H,8,10-15H2,1-3H3,(H,33,34). The summed E-state index contributed by atoms with van der Waals surface area (Å²) < 4.78 is 0. The molecule has 2 heterocycles. The number of thiazole rings is 1. The fraction of sp³-hybridized carbons (Fsp3) is 0.458. The quantitative estimate of drug-likeness (QED) is 0.578. The van der Waals surface area contributed by atoms with Crippen molar-refractivity contribution in [2.45, 2.75) is 20.3 Å². The van der Waals surface area contributed by atoms with Gasteiger partial charge in [-0.1, -0.05) is 26.0 Å². The minimum Gasteiger partial charge on any atom is -0.465 e. The zero-order valence-electron chi connectivity index (χ0n) is 20.2. The Morgan fingerprint density at radius 2 is 1.83 bits per heavy atom. The number of anilines is 1. The van der Waals surface area contributed by atoms with Gasteiger partial charge < -0.3 is 19.8 Å². The smallest absolute Gasteiger partial charge is 0.407 e. The molecule has 0 saturated carbocycles. The normalized spacial score (nSPS) is 13.5. The molecule has 0 radical (unpaired) electrons. The van der Waals surface area contributed by atoms with Crippen molar-refractivity contribution in [2.75, 3.05) is 51.2 Å². The third kappa shape index (κ3) is 6.48. The van der Waals surface area contributed by atoms with Crippen LogP contribution in [0.4, 0.5) is 14.7 Å². The van der Waals surface area contributed by atoms with E-state index in [1.807, 2.05) is 25.3 Å². The Morgan fingerprint density at radius 1 is 1.17 bits per heavy atom. The van der Waals surface area contributed by atoms with Gasteiger partial charge in [0.25, 0.3) is 5.91 Å². The molecule has 35 heavy (non-hydrogen) atoms. The zero-order valence-corrected chi connectivity index (χ0v) is 21.0. The molecule has 1 aliphatic rings. The lowest BCUT2D eigenvalue weighted by molar-refractivity contribution is 0.0765. The van der Waals surface area contributed by atoms with Gasteiger partial charge in [-0.15, -0.1) is 11.3 Å². The lowest BCUT2D eigenvalue weighted by atomic mass is 10.1.